The van der Waals surface area contributed by atoms with Gasteiger partial charge in [-0.1, -0.05) is 25.0 Å². The minimum absolute atomic E-state index is 0.172. The van der Waals surface area contributed by atoms with Crippen molar-refractivity contribution in [2.45, 2.75) is 31.8 Å². The van der Waals surface area contributed by atoms with E-state index in [0.717, 1.165) is 25.4 Å². The fourth-order valence-corrected chi connectivity index (χ4v) is 3.33. The molecule has 0 radical (unpaired) electrons. The highest BCUT2D eigenvalue weighted by Crippen LogP contribution is 2.40. The smallest absolute Gasteiger partial charge is 0.118 e. The van der Waals surface area contributed by atoms with Gasteiger partial charge in [0.15, 0.2) is 0 Å². The Morgan fingerprint density at radius 1 is 1.21 bits per heavy atom. The fraction of sp³-hybridized carbons (Fsp3) is 0.625. The van der Waals surface area contributed by atoms with Crippen molar-refractivity contribution in [3.05, 3.63) is 29.8 Å². The Balaban J connectivity index is 1.68. The average Bonchev–Trinajstić information content (AvgIpc) is 2.81. The second-order valence-corrected chi connectivity index (χ2v) is 5.91. The zero-order valence-corrected chi connectivity index (χ0v) is 11.7. The molecule has 2 aliphatic rings. The van der Waals surface area contributed by atoms with Crippen LogP contribution >= 0.6 is 0 Å². The van der Waals surface area contributed by atoms with E-state index in [2.05, 4.69) is 17.4 Å². The number of hydrogen-bond acceptors (Lipinski definition) is 3. The van der Waals surface area contributed by atoms with Gasteiger partial charge in [0.25, 0.3) is 0 Å². The summed E-state index contributed by atoms with van der Waals surface area (Å²) in [5.74, 6) is 0.901. The fourth-order valence-electron chi connectivity index (χ4n) is 3.33. The molecule has 104 valence electrons. The number of hydrogen-bond donors (Lipinski definition) is 1. The molecule has 0 bridgehead atoms. The van der Waals surface area contributed by atoms with Crippen molar-refractivity contribution < 1.29 is 9.47 Å². The zero-order chi connectivity index (χ0) is 13.1. The summed E-state index contributed by atoms with van der Waals surface area (Å²) in [4.78, 5) is 0. The molecule has 3 heteroatoms. The minimum Gasteiger partial charge on any atom is -0.497 e. The molecular formula is C16H23NO2. The van der Waals surface area contributed by atoms with Crippen molar-refractivity contribution in [2.24, 2.45) is 5.41 Å². The number of rotatable bonds is 2. The van der Waals surface area contributed by atoms with Crippen LogP contribution in [0.3, 0.4) is 0 Å². The molecule has 1 unspecified atom stereocenters. The lowest BCUT2D eigenvalue weighted by atomic mass is 9.87. The second kappa shape index (κ2) is 5.51. The third-order valence-corrected chi connectivity index (χ3v) is 4.57. The summed E-state index contributed by atoms with van der Waals surface area (Å²) < 4.78 is 11.4. The molecule has 1 aromatic carbocycles. The van der Waals surface area contributed by atoms with Gasteiger partial charge in [0.2, 0.25) is 0 Å². The highest BCUT2D eigenvalue weighted by molar-refractivity contribution is 5.28. The molecule has 1 saturated heterocycles. The van der Waals surface area contributed by atoms with Gasteiger partial charge >= 0.3 is 0 Å². The summed E-state index contributed by atoms with van der Waals surface area (Å²) in [5, 5.41) is 3.60. The van der Waals surface area contributed by atoms with Crippen molar-refractivity contribution in [2.75, 3.05) is 26.8 Å². The van der Waals surface area contributed by atoms with Crippen LogP contribution in [0.2, 0.25) is 0 Å². The van der Waals surface area contributed by atoms with Crippen LogP contribution in [0.5, 0.6) is 5.75 Å². The Labute approximate surface area is 115 Å². The molecule has 1 saturated carbocycles. The first-order chi connectivity index (χ1) is 9.31. The van der Waals surface area contributed by atoms with E-state index in [-0.39, 0.29) is 6.10 Å². The van der Waals surface area contributed by atoms with Gasteiger partial charge in [-0.2, -0.15) is 0 Å². The Bertz CT molecular complexity index is 409. The average molecular weight is 261 g/mol. The van der Waals surface area contributed by atoms with Gasteiger partial charge in [-0.15, -0.1) is 0 Å². The first-order valence-corrected chi connectivity index (χ1v) is 7.28. The van der Waals surface area contributed by atoms with Crippen LogP contribution < -0.4 is 10.1 Å². The monoisotopic (exact) mass is 261 g/mol. The van der Waals surface area contributed by atoms with Crippen molar-refractivity contribution in [3.63, 3.8) is 0 Å². The Kier molecular flexibility index (Phi) is 3.76. The summed E-state index contributed by atoms with van der Waals surface area (Å²) in [6, 6.07) is 8.24. The van der Waals surface area contributed by atoms with E-state index in [1.165, 1.54) is 31.2 Å². The Morgan fingerprint density at radius 3 is 2.63 bits per heavy atom. The Morgan fingerprint density at radius 2 is 1.95 bits per heavy atom. The standard InChI is InChI=1S/C16H23NO2/c1-18-14-6-4-13(5-7-14)15-10-17-11-16(12-19-15)8-2-3-9-16/h4-7,15,17H,2-3,8-12H2,1H3. The molecule has 19 heavy (non-hydrogen) atoms. The van der Waals surface area contributed by atoms with Gasteiger partial charge < -0.3 is 14.8 Å². The van der Waals surface area contributed by atoms with E-state index in [1.54, 1.807) is 7.11 Å². The molecule has 3 nitrogen and oxygen atoms in total. The normalized spacial score (nSPS) is 26.3. The lowest BCUT2D eigenvalue weighted by Crippen LogP contribution is -2.32. The van der Waals surface area contributed by atoms with E-state index < -0.39 is 0 Å². The molecule has 1 atom stereocenters. The summed E-state index contributed by atoms with van der Waals surface area (Å²) in [7, 11) is 1.70. The first-order valence-electron chi connectivity index (χ1n) is 7.28. The number of nitrogens with one attached hydrogen (secondary N) is 1. The lowest BCUT2D eigenvalue weighted by molar-refractivity contribution is 0.0158. The minimum atomic E-state index is 0.172. The van der Waals surface area contributed by atoms with Crippen molar-refractivity contribution >= 4 is 0 Å². The lowest BCUT2D eigenvalue weighted by Gasteiger charge is -2.26. The van der Waals surface area contributed by atoms with Gasteiger partial charge in [0, 0.05) is 18.5 Å². The molecule has 1 aromatic rings. The molecule has 0 amide bonds. The van der Waals surface area contributed by atoms with Crippen molar-refractivity contribution in [1.82, 2.24) is 5.32 Å². The summed E-state index contributed by atoms with van der Waals surface area (Å²) in [5.41, 5.74) is 1.64. The van der Waals surface area contributed by atoms with Crippen LogP contribution in [0, 0.1) is 5.41 Å². The third kappa shape index (κ3) is 2.77. The predicted molar refractivity (Wildman–Crippen MR) is 75.5 cm³/mol. The highest BCUT2D eigenvalue weighted by Gasteiger charge is 2.36. The molecular weight excluding hydrogens is 238 g/mol. The molecule has 2 fully saturated rings. The van der Waals surface area contributed by atoms with E-state index in [4.69, 9.17) is 9.47 Å². The molecule has 1 spiro atoms. The molecule has 1 aliphatic heterocycles. The molecule has 1 N–H and O–H groups in total. The van der Waals surface area contributed by atoms with Crippen molar-refractivity contribution in [1.29, 1.82) is 0 Å². The number of ether oxygens (including phenoxy) is 2. The van der Waals surface area contributed by atoms with E-state index in [0.29, 0.717) is 5.41 Å². The summed E-state index contributed by atoms with van der Waals surface area (Å²) >= 11 is 0. The maximum Gasteiger partial charge on any atom is 0.118 e. The van der Waals surface area contributed by atoms with Gasteiger partial charge in [-0.05, 0) is 30.5 Å². The Hall–Kier alpha value is -1.06. The number of methoxy groups -OCH3 is 1. The van der Waals surface area contributed by atoms with Crippen LogP contribution in [0.15, 0.2) is 24.3 Å². The van der Waals surface area contributed by atoms with E-state index >= 15 is 0 Å². The maximum absolute atomic E-state index is 6.20. The van der Waals surface area contributed by atoms with Gasteiger partial charge in [0.1, 0.15) is 5.75 Å². The zero-order valence-electron chi connectivity index (χ0n) is 11.7. The quantitative estimate of drug-likeness (QED) is 0.888. The van der Waals surface area contributed by atoms with E-state index in [1.807, 2.05) is 12.1 Å². The van der Waals surface area contributed by atoms with Crippen LogP contribution in [-0.4, -0.2) is 26.8 Å². The van der Waals surface area contributed by atoms with Crippen LogP contribution in [-0.2, 0) is 4.74 Å². The topological polar surface area (TPSA) is 30.5 Å². The molecule has 1 heterocycles. The van der Waals surface area contributed by atoms with E-state index in [9.17, 15) is 0 Å². The predicted octanol–water partition coefficient (Wildman–Crippen LogP) is 2.92. The van der Waals surface area contributed by atoms with Gasteiger partial charge in [-0.3, -0.25) is 0 Å². The van der Waals surface area contributed by atoms with Crippen LogP contribution in [0.4, 0.5) is 0 Å². The van der Waals surface area contributed by atoms with Crippen LogP contribution in [0.25, 0.3) is 0 Å². The van der Waals surface area contributed by atoms with Crippen LogP contribution in [0.1, 0.15) is 37.4 Å². The second-order valence-electron chi connectivity index (χ2n) is 5.91. The first kappa shape index (κ1) is 12.9. The molecule has 1 aliphatic carbocycles. The summed E-state index contributed by atoms with van der Waals surface area (Å²) in [6.45, 7) is 2.92. The highest BCUT2D eigenvalue weighted by atomic mass is 16.5. The summed E-state index contributed by atoms with van der Waals surface area (Å²) in [6.07, 6.45) is 5.52. The molecule has 0 aromatic heterocycles. The van der Waals surface area contributed by atoms with Gasteiger partial charge in [0.05, 0.1) is 19.8 Å². The third-order valence-electron chi connectivity index (χ3n) is 4.57. The maximum atomic E-state index is 6.20. The number of benzene rings is 1. The largest absolute Gasteiger partial charge is 0.497 e. The molecule has 3 rings (SSSR count). The SMILES string of the molecule is COc1ccc(C2CNCC3(CCCC3)CO2)cc1. The van der Waals surface area contributed by atoms with Crippen molar-refractivity contribution in [3.8, 4) is 5.75 Å². The van der Waals surface area contributed by atoms with Gasteiger partial charge in [-0.25, -0.2) is 0 Å².